The molecular weight excluding hydrogens is 1370 g/mol. The number of nitrogens with one attached hydrogen (secondary N) is 4. The number of aldehydes is 1. The average Bonchev–Trinajstić information content (AvgIpc) is 1.61. The van der Waals surface area contributed by atoms with Crippen LogP contribution < -0.4 is 45.9 Å². The number of fused-ring (bicyclic) bond motifs is 1. The van der Waals surface area contributed by atoms with Crippen molar-refractivity contribution in [3.8, 4) is 23.0 Å². The summed E-state index contributed by atoms with van der Waals surface area (Å²) in [6.07, 6.45) is 8.38. The van der Waals surface area contributed by atoms with Gasteiger partial charge < -0.3 is 83.8 Å². The predicted molar refractivity (Wildman–Crippen MR) is 392 cm³/mol. The van der Waals surface area contributed by atoms with Crippen molar-refractivity contribution < 1.29 is 71.3 Å². The van der Waals surface area contributed by atoms with E-state index in [-0.39, 0.29) is 41.9 Å². The molecule has 3 unspecified atom stereocenters. The molecule has 0 bridgehead atoms. The van der Waals surface area contributed by atoms with Crippen LogP contribution in [0.2, 0.25) is 0 Å². The van der Waals surface area contributed by atoms with Crippen LogP contribution in [0.15, 0.2) is 108 Å². The first-order chi connectivity index (χ1) is 48.9. The number of ether oxygens (including phenoxy) is 10. The highest BCUT2D eigenvalue weighted by Gasteiger charge is 2.36. The number of carbonyl (C=O) groups is 5. The minimum absolute atomic E-state index is 0.00389. The molecule has 0 aliphatic carbocycles. The van der Waals surface area contributed by atoms with Crippen molar-refractivity contribution in [1.82, 2.24) is 40.5 Å². The molecule has 102 heavy (non-hydrogen) atoms. The Morgan fingerprint density at radius 1 is 0.559 bits per heavy atom. The fourth-order valence-corrected chi connectivity index (χ4v) is 13.9. The number of nitrogens with zero attached hydrogens (tertiary/aromatic N) is 4. The minimum Gasteiger partial charge on any atom is -0.496 e. The van der Waals surface area contributed by atoms with E-state index in [0.717, 1.165) is 152 Å². The first-order valence-corrected chi connectivity index (χ1v) is 36.0. The molecule has 0 spiro atoms. The van der Waals surface area contributed by atoms with Crippen LogP contribution in [0.1, 0.15) is 115 Å². The molecule has 3 atom stereocenters. The number of halogens is 1. The zero-order chi connectivity index (χ0) is 73.0. The van der Waals surface area contributed by atoms with E-state index >= 15 is 0 Å². The molecule has 0 saturated carbocycles. The second-order valence-electron chi connectivity index (χ2n) is 27.7. The number of benzene rings is 5. The number of rotatable bonds is 20. The number of carbonyl (C=O) groups excluding carboxylic acids is 5. The van der Waals surface area contributed by atoms with E-state index in [0.29, 0.717) is 76.1 Å². The van der Waals surface area contributed by atoms with Crippen LogP contribution in [0.4, 0.5) is 0 Å². The lowest BCUT2D eigenvalue weighted by Crippen LogP contribution is -2.47. The summed E-state index contributed by atoms with van der Waals surface area (Å²) < 4.78 is 59.3. The largest absolute Gasteiger partial charge is 0.496 e. The lowest BCUT2D eigenvalue weighted by atomic mass is 10.0. The van der Waals surface area contributed by atoms with Crippen LogP contribution in [-0.4, -0.2) is 212 Å². The summed E-state index contributed by atoms with van der Waals surface area (Å²) in [5.74, 6) is 1.84. The van der Waals surface area contributed by atoms with E-state index in [1.54, 1.807) is 46.6 Å². The van der Waals surface area contributed by atoms with E-state index in [1.165, 1.54) is 16.7 Å². The van der Waals surface area contributed by atoms with Crippen molar-refractivity contribution in [2.75, 3.05) is 127 Å². The average molecular weight is 1480 g/mol. The highest BCUT2D eigenvalue weighted by Crippen LogP contribution is 2.34. The number of aromatic nitrogens is 1. The highest BCUT2D eigenvalue weighted by atomic mass is 79.9. The van der Waals surface area contributed by atoms with Gasteiger partial charge in [0, 0.05) is 125 Å². The fraction of sp³-hybridized carbons (Fsp3) is 0.519. The summed E-state index contributed by atoms with van der Waals surface area (Å²) in [6, 6.07) is 32.2. The lowest BCUT2D eigenvalue weighted by molar-refractivity contribution is -0.138. The molecule has 13 rings (SSSR count). The molecule has 7 aliphatic heterocycles. The fourth-order valence-electron chi connectivity index (χ4n) is 13.5. The number of primary amides is 1. The van der Waals surface area contributed by atoms with E-state index < -0.39 is 17.4 Å². The van der Waals surface area contributed by atoms with Gasteiger partial charge in [0.05, 0.1) is 86.2 Å². The van der Waals surface area contributed by atoms with Gasteiger partial charge in [0.15, 0.2) is 17.4 Å². The van der Waals surface area contributed by atoms with Crippen LogP contribution in [0, 0.1) is 0 Å². The molecular formula is C77H104BrN9O15. The van der Waals surface area contributed by atoms with Gasteiger partial charge >= 0.3 is 0 Å². The number of hydrogen-bond acceptors (Lipinski definition) is 19. The Morgan fingerprint density at radius 3 is 1.49 bits per heavy atom. The molecule has 6 aromatic rings. The van der Waals surface area contributed by atoms with E-state index in [2.05, 4.69) is 105 Å². The second kappa shape index (κ2) is 37.3. The summed E-state index contributed by atoms with van der Waals surface area (Å²) in [5.41, 5.74) is 14.6. The van der Waals surface area contributed by atoms with E-state index in [9.17, 15) is 24.0 Å². The number of nitrogens with two attached hydrogens (primary N) is 1. The van der Waals surface area contributed by atoms with E-state index in [4.69, 9.17) is 53.1 Å². The third kappa shape index (κ3) is 23.8. The molecule has 0 radical (unpaired) electrons. The Morgan fingerprint density at radius 2 is 1.04 bits per heavy atom. The van der Waals surface area contributed by atoms with Crippen LogP contribution in [0.5, 0.6) is 23.0 Å². The number of likely N-dealkylation sites (tertiary alicyclic amines) is 1. The molecule has 1 aromatic heterocycles. The monoisotopic (exact) mass is 1470 g/mol. The Kier molecular flexibility index (Phi) is 28.7. The van der Waals surface area contributed by atoms with Gasteiger partial charge in [-0.3, -0.25) is 33.8 Å². The maximum absolute atomic E-state index is 11.7. The van der Waals surface area contributed by atoms with Crippen molar-refractivity contribution >= 4 is 56.7 Å². The van der Waals surface area contributed by atoms with E-state index in [1.807, 2.05) is 77.9 Å². The first kappa shape index (κ1) is 78.6. The Labute approximate surface area is 608 Å². The van der Waals surface area contributed by atoms with Crippen LogP contribution in [0.3, 0.4) is 0 Å². The normalized spacial score (nSPS) is 21.0. The summed E-state index contributed by atoms with van der Waals surface area (Å²) >= 11 is 3.47. The van der Waals surface area contributed by atoms with Crippen molar-refractivity contribution in [3.05, 3.63) is 152 Å². The van der Waals surface area contributed by atoms with Gasteiger partial charge in [-0.1, -0.05) is 46.3 Å². The van der Waals surface area contributed by atoms with Crippen molar-refractivity contribution in [3.63, 3.8) is 0 Å². The topological polar surface area (TPSA) is 266 Å². The summed E-state index contributed by atoms with van der Waals surface area (Å²) in [6.45, 7) is 24.1. The molecule has 24 nitrogen and oxygen atoms in total. The third-order valence-electron chi connectivity index (χ3n) is 18.5. The lowest BCUT2D eigenvalue weighted by Gasteiger charge is -2.33. The standard InChI is InChI=1S/C28H35N5O3.C18H26N2O4.C14H18O4.C13H17BrO3.C4H8N2O/c1-36-26-5-2-20(18-32-15-10-30-27(34)19-32)16-22(26)6-11-31-12-8-24(9-13-31)33-14-7-21-3-4-23(28(29)35)17-25(21)33;1-18(2)23-12-15(24-18)9-14-8-13(4-5-16(14)22-3)10-20-7-6-19-17(21)11-20;1-14(2)17-9-12(18-14)7-11-6-10(8-15)4-5-13(11)16-3;1-13(2)16-8-11(17-13)7-9-6-10(14)4-5-12(9)15-3;7-4-3-5-1-2-6-4/h2-5,7,14,16-17,24H,6,8-13,15,18-19H2,1H3,(H2,29,35)(H,30,34);4-5,8,15H,6-7,9-12H2,1-3H3,(H,19,21);4-6,8,12H,7,9H2,1-3H3;4-6,11H,7-8H2,1-3H3;5H,1-3H2,(H,6,7). The molecule has 554 valence electrons. The molecule has 5 aromatic carbocycles. The summed E-state index contributed by atoms with van der Waals surface area (Å²) in [4.78, 5) is 62.8. The smallest absolute Gasteiger partial charge is 0.248 e. The molecule has 7 aliphatic rings. The Bertz CT molecular complexity index is 3780. The number of piperazine rings is 3. The van der Waals surface area contributed by atoms with Crippen molar-refractivity contribution in [1.29, 1.82) is 0 Å². The number of methoxy groups -OCH3 is 4. The molecule has 25 heteroatoms. The molecule has 7 saturated heterocycles. The van der Waals surface area contributed by atoms with Gasteiger partial charge in [0.2, 0.25) is 23.6 Å². The second-order valence-corrected chi connectivity index (χ2v) is 28.6. The summed E-state index contributed by atoms with van der Waals surface area (Å²) in [7, 11) is 6.71. The van der Waals surface area contributed by atoms with Gasteiger partial charge in [-0.25, -0.2) is 0 Å². The van der Waals surface area contributed by atoms with Gasteiger partial charge in [-0.15, -0.1) is 0 Å². The Balaban J connectivity index is 0.000000160. The summed E-state index contributed by atoms with van der Waals surface area (Å²) in [5, 5.41) is 12.5. The maximum atomic E-state index is 11.7. The number of piperidine rings is 1. The molecule has 8 heterocycles. The molecule has 7 fully saturated rings. The van der Waals surface area contributed by atoms with Gasteiger partial charge in [0.25, 0.3) is 0 Å². The molecule has 4 amide bonds. The zero-order valence-corrected chi connectivity index (χ0v) is 62.4. The Hall–Kier alpha value is -7.53. The van der Waals surface area contributed by atoms with Crippen LogP contribution >= 0.6 is 15.9 Å². The maximum Gasteiger partial charge on any atom is 0.248 e. The molecule has 6 N–H and O–H groups in total. The van der Waals surface area contributed by atoms with Gasteiger partial charge in [0.1, 0.15) is 29.3 Å². The van der Waals surface area contributed by atoms with Gasteiger partial charge in [-0.05, 0) is 166 Å². The van der Waals surface area contributed by atoms with Crippen LogP contribution in [-0.2, 0) is 81.6 Å². The third-order valence-corrected chi connectivity index (χ3v) is 19.0. The SMILES string of the molecule is COc1ccc(Br)cc1CC1COC(C)(C)O1.COc1ccc(C=O)cc1CC1COC(C)(C)O1.COc1ccc(CN2CCNC(=O)C2)cc1CC1COC(C)(C)O1.COc1ccc(CN2CCNC(=O)C2)cc1CCN1CCC(n2ccc3ccc(C(N)=O)cc32)CC1.O=C1CNCCN1. The van der Waals surface area contributed by atoms with Crippen LogP contribution in [0.25, 0.3) is 10.9 Å². The van der Waals surface area contributed by atoms with Crippen molar-refractivity contribution in [2.24, 2.45) is 5.73 Å². The first-order valence-electron chi connectivity index (χ1n) is 35.2. The predicted octanol–water partition coefficient (Wildman–Crippen LogP) is 7.94. The number of hydrogen-bond donors (Lipinski definition) is 5. The minimum atomic E-state index is -0.528. The number of amides is 4. The highest BCUT2D eigenvalue weighted by molar-refractivity contribution is 9.10. The quantitative estimate of drug-likeness (QED) is 0.0454. The van der Waals surface area contributed by atoms with Crippen molar-refractivity contribution in [2.45, 2.75) is 135 Å². The van der Waals surface area contributed by atoms with Gasteiger partial charge in [-0.2, -0.15) is 0 Å². The zero-order valence-electron chi connectivity index (χ0n) is 60.8.